The van der Waals surface area contributed by atoms with Gasteiger partial charge in [0.15, 0.2) is 6.61 Å². The Kier molecular flexibility index (Phi) is 4.37. The lowest BCUT2D eigenvalue weighted by molar-refractivity contribution is -0.130. The number of aromatic nitrogens is 1. The Morgan fingerprint density at radius 1 is 1.47 bits per heavy atom. The molecule has 1 aromatic rings. The Balaban J connectivity index is 1.98. The number of aryl methyl sites for hydroxylation is 1. The van der Waals surface area contributed by atoms with Gasteiger partial charge in [-0.05, 0) is 31.9 Å². The van der Waals surface area contributed by atoms with Crippen LogP contribution in [0.4, 0.5) is 0 Å². The summed E-state index contributed by atoms with van der Waals surface area (Å²) in [5, 5.41) is 3.41. The first-order chi connectivity index (χ1) is 9.06. The van der Waals surface area contributed by atoms with Crippen LogP contribution in [-0.4, -0.2) is 42.5 Å². The number of nitrogens with zero attached hydrogens (tertiary/aromatic N) is 2. The van der Waals surface area contributed by atoms with E-state index in [9.17, 15) is 4.79 Å². The Morgan fingerprint density at radius 3 is 2.84 bits per heavy atom. The summed E-state index contributed by atoms with van der Waals surface area (Å²) in [6, 6.07) is 4.41. The van der Waals surface area contributed by atoms with Crippen LogP contribution in [0.5, 0.6) is 5.75 Å². The molecular formula is C14H21N3O2. The Morgan fingerprint density at radius 2 is 2.21 bits per heavy atom. The summed E-state index contributed by atoms with van der Waals surface area (Å²) in [5.74, 6) is 0.635. The van der Waals surface area contributed by atoms with Crippen molar-refractivity contribution in [2.75, 3.05) is 20.7 Å². The molecule has 0 bridgehead atoms. The lowest BCUT2D eigenvalue weighted by atomic mass is 10.3. The van der Waals surface area contributed by atoms with Crippen LogP contribution in [0.2, 0.25) is 0 Å². The predicted molar refractivity (Wildman–Crippen MR) is 73.0 cm³/mol. The van der Waals surface area contributed by atoms with Gasteiger partial charge >= 0.3 is 0 Å². The molecule has 1 aliphatic carbocycles. The van der Waals surface area contributed by atoms with Gasteiger partial charge in [-0.3, -0.25) is 9.78 Å². The van der Waals surface area contributed by atoms with Crippen LogP contribution in [0.1, 0.15) is 24.2 Å². The molecule has 0 radical (unpaired) electrons. The molecule has 0 saturated heterocycles. The molecule has 1 fully saturated rings. The van der Waals surface area contributed by atoms with E-state index < -0.39 is 0 Å². The first-order valence-electron chi connectivity index (χ1n) is 6.59. The highest BCUT2D eigenvalue weighted by atomic mass is 16.5. The topological polar surface area (TPSA) is 54.5 Å². The number of likely N-dealkylation sites (N-methyl/N-ethyl adjacent to an activating group) is 1. The van der Waals surface area contributed by atoms with Crippen LogP contribution in [0, 0.1) is 6.92 Å². The molecule has 0 aromatic carbocycles. The van der Waals surface area contributed by atoms with E-state index in [1.54, 1.807) is 14.1 Å². The lowest BCUT2D eigenvalue weighted by Gasteiger charge is -2.14. The standard InChI is InChI=1S/C14H21N3O2/c1-10-4-7-13(19-9-14(18)17(2)3)12(16-10)8-15-11-5-6-11/h4,7,11,15H,5-6,8-9H2,1-3H3. The maximum absolute atomic E-state index is 11.5. The predicted octanol–water partition coefficient (Wildman–Crippen LogP) is 1.11. The molecule has 0 aliphatic heterocycles. The third kappa shape index (κ3) is 4.21. The Bertz CT molecular complexity index is 456. The van der Waals surface area contributed by atoms with Gasteiger partial charge in [-0.1, -0.05) is 0 Å². The van der Waals surface area contributed by atoms with Gasteiger partial charge in [0.2, 0.25) is 0 Å². The number of hydrogen-bond donors (Lipinski definition) is 1. The zero-order valence-electron chi connectivity index (χ0n) is 11.8. The molecule has 0 atom stereocenters. The average molecular weight is 263 g/mol. The van der Waals surface area contributed by atoms with E-state index in [2.05, 4.69) is 10.3 Å². The maximum atomic E-state index is 11.5. The zero-order chi connectivity index (χ0) is 13.8. The second kappa shape index (κ2) is 6.02. The first kappa shape index (κ1) is 13.8. The molecule has 1 aromatic heterocycles. The molecule has 1 heterocycles. The summed E-state index contributed by atoms with van der Waals surface area (Å²) >= 11 is 0. The minimum atomic E-state index is -0.0540. The van der Waals surface area contributed by atoms with Crippen LogP contribution in [0.15, 0.2) is 12.1 Å². The highest BCUT2D eigenvalue weighted by molar-refractivity contribution is 5.77. The second-order valence-corrected chi connectivity index (χ2v) is 5.13. The fourth-order valence-electron chi connectivity index (χ4n) is 1.65. The summed E-state index contributed by atoms with van der Waals surface area (Å²) in [5.41, 5.74) is 1.83. The highest BCUT2D eigenvalue weighted by Gasteiger charge is 2.21. The van der Waals surface area contributed by atoms with Gasteiger partial charge in [-0.2, -0.15) is 0 Å². The van der Waals surface area contributed by atoms with Gasteiger partial charge in [0, 0.05) is 32.4 Å². The molecule has 19 heavy (non-hydrogen) atoms. The van der Waals surface area contributed by atoms with Crippen LogP contribution < -0.4 is 10.1 Å². The molecule has 5 heteroatoms. The third-order valence-electron chi connectivity index (χ3n) is 3.06. The van der Waals surface area contributed by atoms with E-state index in [4.69, 9.17) is 4.74 Å². The molecule has 1 N–H and O–H groups in total. The number of ether oxygens (including phenoxy) is 1. The molecule has 1 saturated carbocycles. The van der Waals surface area contributed by atoms with Crippen molar-refractivity contribution in [3.05, 3.63) is 23.5 Å². The van der Waals surface area contributed by atoms with Crippen molar-refractivity contribution in [3.8, 4) is 5.75 Å². The zero-order valence-corrected chi connectivity index (χ0v) is 11.8. The van der Waals surface area contributed by atoms with Gasteiger partial charge in [0.05, 0.1) is 5.69 Å². The van der Waals surface area contributed by atoms with Gasteiger partial charge in [0.1, 0.15) is 5.75 Å². The molecular weight excluding hydrogens is 242 g/mol. The number of carbonyl (C=O) groups is 1. The van der Waals surface area contributed by atoms with Gasteiger partial charge < -0.3 is 15.0 Å². The number of amides is 1. The molecule has 0 spiro atoms. The summed E-state index contributed by atoms with van der Waals surface area (Å²) in [6.07, 6.45) is 2.47. The van der Waals surface area contributed by atoms with Crippen LogP contribution in [0.3, 0.4) is 0 Å². The number of hydrogen-bond acceptors (Lipinski definition) is 4. The van der Waals surface area contributed by atoms with Crippen molar-refractivity contribution in [3.63, 3.8) is 0 Å². The van der Waals surface area contributed by atoms with Gasteiger partial charge in [-0.25, -0.2) is 0 Å². The Labute approximate surface area is 114 Å². The van der Waals surface area contributed by atoms with Crippen LogP contribution >= 0.6 is 0 Å². The van der Waals surface area contributed by atoms with E-state index in [-0.39, 0.29) is 12.5 Å². The normalized spacial score (nSPS) is 14.3. The summed E-state index contributed by atoms with van der Waals surface area (Å²) in [4.78, 5) is 17.5. The van der Waals surface area contributed by atoms with Crippen molar-refractivity contribution < 1.29 is 9.53 Å². The Hall–Kier alpha value is -1.62. The maximum Gasteiger partial charge on any atom is 0.259 e. The number of rotatable bonds is 6. The summed E-state index contributed by atoms with van der Waals surface area (Å²) in [7, 11) is 3.43. The average Bonchev–Trinajstić information content (AvgIpc) is 3.18. The second-order valence-electron chi connectivity index (χ2n) is 5.13. The summed E-state index contributed by atoms with van der Waals surface area (Å²) in [6.45, 7) is 2.70. The molecule has 104 valence electrons. The quantitative estimate of drug-likeness (QED) is 0.835. The van der Waals surface area contributed by atoms with Crippen molar-refractivity contribution in [2.24, 2.45) is 0 Å². The summed E-state index contributed by atoms with van der Waals surface area (Å²) < 4.78 is 5.57. The fraction of sp³-hybridized carbons (Fsp3) is 0.571. The number of nitrogens with one attached hydrogen (secondary N) is 1. The van der Waals surface area contributed by atoms with E-state index in [0.29, 0.717) is 18.3 Å². The minimum Gasteiger partial charge on any atom is -0.482 e. The largest absolute Gasteiger partial charge is 0.482 e. The SMILES string of the molecule is Cc1ccc(OCC(=O)N(C)C)c(CNC2CC2)n1. The minimum absolute atomic E-state index is 0.0498. The highest BCUT2D eigenvalue weighted by Crippen LogP contribution is 2.22. The van der Waals surface area contributed by atoms with Crippen molar-refractivity contribution in [2.45, 2.75) is 32.4 Å². The van der Waals surface area contributed by atoms with E-state index >= 15 is 0 Å². The first-order valence-corrected chi connectivity index (χ1v) is 6.59. The van der Waals surface area contributed by atoms with Gasteiger partial charge in [0.25, 0.3) is 5.91 Å². The molecule has 0 unspecified atom stereocenters. The van der Waals surface area contributed by atoms with Gasteiger partial charge in [-0.15, -0.1) is 0 Å². The lowest BCUT2D eigenvalue weighted by Crippen LogP contribution is -2.28. The number of pyridine rings is 1. The van der Waals surface area contributed by atoms with Crippen molar-refractivity contribution in [1.29, 1.82) is 0 Å². The smallest absolute Gasteiger partial charge is 0.259 e. The fourth-order valence-corrected chi connectivity index (χ4v) is 1.65. The van der Waals surface area contributed by atoms with Crippen LogP contribution in [-0.2, 0) is 11.3 Å². The third-order valence-corrected chi connectivity index (χ3v) is 3.06. The van der Waals surface area contributed by atoms with Crippen molar-refractivity contribution in [1.82, 2.24) is 15.2 Å². The van der Waals surface area contributed by atoms with E-state index in [1.165, 1.54) is 17.7 Å². The molecule has 1 amide bonds. The molecule has 2 rings (SSSR count). The molecule has 5 nitrogen and oxygen atoms in total. The number of carbonyl (C=O) groups excluding carboxylic acids is 1. The van der Waals surface area contributed by atoms with Crippen LogP contribution in [0.25, 0.3) is 0 Å². The van der Waals surface area contributed by atoms with Crippen molar-refractivity contribution >= 4 is 5.91 Å². The van der Waals surface area contributed by atoms with E-state index in [1.807, 2.05) is 19.1 Å². The molecule has 1 aliphatic rings. The van der Waals surface area contributed by atoms with E-state index in [0.717, 1.165) is 11.4 Å². The monoisotopic (exact) mass is 263 g/mol.